The number of halogens is 1. The first-order valence-electron chi connectivity index (χ1n) is 14.7. The lowest BCUT2D eigenvalue weighted by molar-refractivity contribution is -0.128. The van der Waals surface area contributed by atoms with Crippen LogP contribution in [0.5, 0.6) is 11.9 Å². The summed E-state index contributed by atoms with van der Waals surface area (Å²) in [7, 11) is 2.11. The molecule has 6 rings (SSSR count). The van der Waals surface area contributed by atoms with E-state index in [-0.39, 0.29) is 24.5 Å². The monoisotopic (exact) mass is 598 g/mol. The van der Waals surface area contributed by atoms with Crippen LogP contribution < -0.4 is 14.4 Å². The van der Waals surface area contributed by atoms with Crippen molar-refractivity contribution < 1.29 is 14.3 Å². The van der Waals surface area contributed by atoms with Crippen molar-refractivity contribution in [3.63, 3.8) is 0 Å². The highest BCUT2D eigenvalue weighted by atomic mass is 35.5. The van der Waals surface area contributed by atoms with Gasteiger partial charge in [-0.1, -0.05) is 48.5 Å². The topological polar surface area (TPSA) is 75.4 Å². The van der Waals surface area contributed by atoms with Gasteiger partial charge in [0, 0.05) is 48.1 Å². The number of allylic oxidation sites excluding steroid dienone is 1. The van der Waals surface area contributed by atoms with Crippen LogP contribution in [0.2, 0.25) is 5.02 Å². The van der Waals surface area contributed by atoms with E-state index in [0.29, 0.717) is 49.6 Å². The van der Waals surface area contributed by atoms with Gasteiger partial charge in [0.05, 0.1) is 5.56 Å². The van der Waals surface area contributed by atoms with E-state index < -0.39 is 0 Å². The van der Waals surface area contributed by atoms with Crippen LogP contribution in [0.15, 0.2) is 54.6 Å². The Balaban J connectivity index is 1.38. The maximum absolute atomic E-state index is 12.6. The number of amides is 1. The van der Waals surface area contributed by atoms with Gasteiger partial charge in [0.25, 0.3) is 0 Å². The van der Waals surface area contributed by atoms with Crippen LogP contribution in [0.4, 0.5) is 5.82 Å². The Bertz CT molecular complexity index is 1640. The molecule has 2 saturated heterocycles. The van der Waals surface area contributed by atoms with Crippen LogP contribution in [0.25, 0.3) is 21.4 Å². The summed E-state index contributed by atoms with van der Waals surface area (Å²) in [5, 5.41) is 2.63. The van der Waals surface area contributed by atoms with Crippen molar-refractivity contribution in [3.8, 4) is 11.9 Å². The summed E-state index contributed by atoms with van der Waals surface area (Å²) >= 11 is 6.69. The predicted molar refractivity (Wildman–Crippen MR) is 168 cm³/mol. The summed E-state index contributed by atoms with van der Waals surface area (Å²) in [6, 6.07) is 12.2. The highest BCUT2D eigenvalue weighted by Crippen LogP contribution is 2.42. The van der Waals surface area contributed by atoms with Gasteiger partial charge in [0.2, 0.25) is 18.3 Å². The van der Waals surface area contributed by atoms with E-state index in [9.17, 15) is 4.79 Å². The molecule has 2 fully saturated rings. The van der Waals surface area contributed by atoms with Crippen molar-refractivity contribution in [3.05, 3.63) is 82.2 Å². The fraction of sp³-hybridized carbons (Fsp3) is 0.394. The average Bonchev–Trinajstić information content (AvgIpc) is 3.43. The molecule has 0 radical (unpaired) electrons. The minimum absolute atomic E-state index is 0.164. The molecule has 2 atom stereocenters. The number of likely N-dealkylation sites (N-methyl/N-ethyl adjacent to an activating group) is 1. The number of hydrogen-bond donors (Lipinski definition) is 0. The number of fused-ring (bicyclic) bond motifs is 2. The third kappa shape index (κ3) is 5.65. The highest BCUT2D eigenvalue weighted by Gasteiger charge is 2.35. The quantitative estimate of drug-likeness (QED) is 0.272. The lowest BCUT2D eigenvalue weighted by atomic mass is 9.96. The van der Waals surface area contributed by atoms with Gasteiger partial charge >= 0.3 is 6.01 Å². The van der Waals surface area contributed by atoms with E-state index in [0.717, 1.165) is 58.4 Å². The first-order valence-corrected chi connectivity index (χ1v) is 15.1. The summed E-state index contributed by atoms with van der Waals surface area (Å²) in [6.45, 7) is 16.4. The van der Waals surface area contributed by atoms with Gasteiger partial charge in [-0.05, 0) is 56.5 Å². The number of anilines is 1. The lowest BCUT2D eigenvalue weighted by Crippen LogP contribution is -2.56. The molecule has 9 nitrogen and oxygen atoms in total. The molecule has 3 aromatic rings. The highest BCUT2D eigenvalue weighted by molar-refractivity contribution is 6.36. The Morgan fingerprint density at radius 3 is 2.77 bits per heavy atom. The van der Waals surface area contributed by atoms with Crippen molar-refractivity contribution in [2.75, 3.05) is 51.3 Å². The van der Waals surface area contributed by atoms with Crippen LogP contribution in [-0.2, 0) is 11.2 Å². The number of likely N-dealkylation sites (tertiary alicyclic amines) is 1. The van der Waals surface area contributed by atoms with Crippen molar-refractivity contribution >= 4 is 39.9 Å². The van der Waals surface area contributed by atoms with Gasteiger partial charge in [0.15, 0.2) is 0 Å². The molecule has 0 spiro atoms. The number of benzene rings is 2. The Morgan fingerprint density at radius 1 is 1.21 bits per heavy atom. The minimum Gasteiger partial charge on any atom is -0.462 e. The summed E-state index contributed by atoms with van der Waals surface area (Å²) in [4.78, 5) is 32.0. The summed E-state index contributed by atoms with van der Waals surface area (Å²) in [5.41, 5.74) is 2.81. The molecule has 0 saturated carbocycles. The third-order valence-corrected chi connectivity index (χ3v) is 8.99. The average molecular weight is 599 g/mol. The zero-order valence-corrected chi connectivity index (χ0v) is 25.3. The maximum Gasteiger partial charge on any atom is 0.321 e. The van der Waals surface area contributed by atoms with Gasteiger partial charge in [-0.25, -0.2) is 6.57 Å². The van der Waals surface area contributed by atoms with E-state index >= 15 is 0 Å². The zero-order valence-electron chi connectivity index (χ0n) is 24.6. The molecule has 0 aliphatic carbocycles. The summed E-state index contributed by atoms with van der Waals surface area (Å²) < 4.78 is 12.9. The van der Waals surface area contributed by atoms with Crippen LogP contribution >= 0.6 is 11.6 Å². The van der Waals surface area contributed by atoms with Crippen LogP contribution in [0, 0.1) is 6.57 Å². The normalized spacial score (nSPS) is 20.5. The Kier molecular flexibility index (Phi) is 8.24. The first kappa shape index (κ1) is 29.0. The van der Waals surface area contributed by atoms with Gasteiger partial charge < -0.3 is 29.0 Å². The number of hydrogen-bond acceptors (Lipinski definition) is 7. The Morgan fingerprint density at radius 2 is 2.02 bits per heavy atom. The number of aromatic nitrogens is 2. The van der Waals surface area contributed by atoms with E-state index in [1.54, 1.807) is 4.90 Å². The van der Waals surface area contributed by atoms with Crippen LogP contribution in [-0.4, -0.2) is 84.1 Å². The Labute approximate surface area is 257 Å². The van der Waals surface area contributed by atoms with E-state index in [1.165, 1.54) is 6.08 Å². The number of ether oxygens (including phenoxy) is 2. The number of rotatable bonds is 7. The van der Waals surface area contributed by atoms with E-state index in [2.05, 4.69) is 35.2 Å². The fourth-order valence-electron chi connectivity index (χ4n) is 6.37. The lowest BCUT2D eigenvalue weighted by Gasteiger charge is -2.40. The second-order valence-electron chi connectivity index (χ2n) is 11.4. The molecule has 43 heavy (non-hydrogen) atoms. The molecule has 0 bridgehead atoms. The van der Waals surface area contributed by atoms with Gasteiger partial charge in [-0.2, -0.15) is 9.97 Å². The fourth-order valence-corrected chi connectivity index (χ4v) is 6.66. The molecule has 1 amide bonds. The molecule has 2 aromatic carbocycles. The van der Waals surface area contributed by atoms with Gasteiger partial charge in [-0.3, -0.25) is 4.79 Å². The van der Waals surface area contributed by atoms with Gasteiger partial charge in [0.1, 0.15) is 24.2 Å². The summed E-state index contributed by atoms with van der Waals surface area (Å²) in [5.74, 6) is 1.73. The van der Waals surface area contributed by atoms with E-state index in [1.807, 2.05) is 36.4 Å². The molecule has 0 unspecified atom stereocenters. The number of piperazine rings is 1. The SMILES string of the molecule is [C-]#[N+]C[C@H]1CN(c2nc(OC[C@@H]3CCCN3C)nc3c2CC(C)=C(c2cccc4cccc(Cl)c24)O3)CCN1C(=O)C=C. The summed E-state index contributed by atoms with van der Waals surface area (Å²) in [6.07, 6.45) is 4.09. The molecule has 4 heterocycles. The van der Waals surface area contributed by atoms with E-state index in [4.69, 9.17) is 37.6 Å². The zero-order chi connectivity index (χ0) is 30.1. The van der Waals surface area contributed by atoms with Crippen molar-refractivity contribution in [1.82, 2.24) is 19.8 Å². The molecule has 0 N–H and O–H groups in total. The molecular formula is C33H35ClN6O3. The molecule has 3 aliphatic heterocycles. The number of nitrogens with zero attached hydrogens (tertiary/aromatic N) is 6. The van der Waals surface area contributed by atoms with Crippen molar-refractivity contribution in [2.45, 2.75) is 38.3 Å². The third-order valence-electron chi connectivity index (χ3n) is 8.67. The second-order valence-corrected chi connectivity index (χ2v) is 11.8. The van der Waals surface area contributed by atoms with Crippen molar-refractivity contribution in [1.29, 1.82) is 0 Å². The maximum atomic E-state index is 12.6. The van der Waals surface area contributed by atoms with Crippen molar-refractivity contribution in [2.24, 2.45) is 0 Å². The molecule has 3 aliphatic rings. The van der Waals surface area contributed by atoms with Crippen LogP contribution in [0.1, 0.15) is 30.9 Å². The second kappa shape index (κ2) is 12.2. The first-order chi connectivity index (χ1) is 20.9. The standard InChI is InChI=1S/C33H35ClN6O3/c1-5-28(41)40-16-15-39(19-24(40)18-35-3)31-26-17-21(2)30(25-12-6-9-22-10-7-13-27(34)29(22)25)43-32(26)37-33(36-31)42-20-23-11-8-14-38(23)4/h5-7,9-10,12-13,23-24H,1,8,11,14-20H2,2,4H3/t23-,24-/m0/s1. The number of carbonyl (C=O) groups excluding carboxylic acids is 1. The largest absolute Gasteiger partial charge is 0.462 e. The molecule has 1 aromatic heterocycles. The van der Waals surface area contributed by atoms with Crippen LogP contribution in [0.3, 0.4) is 0 Å². The minimum atomic E-state index is -0.284. The smallest absolute Gasteiger partial charge is 0.321 e. The molecule has 222 valence electrons. The molecular weight excluding hydrogens is 564 g/mol. The van der Waals surface area contributed by atoms with Gasteiger partial charge in [-0.15, -0.1) is 0 Å². The molecule has 10 heteroatoms. The predicted octanol–water partition coefficient (Wildman–Crippen LogP) is 5.24. The Hall–Kier alpha value is -4.13. The number of carbonyl (C=O) groups is 1.